The van der Waals surface area contributed by atoms with Gasteiger partial charge >= 0.3 is 0 Å². The van der Waals surface area contributed by atoms with Crippen LogP contribution in [0.2, 0.25) is 0 Å². The Hall–Kier alpha value is -2.36. The van der Waals surface area contributed by atoms with Gasteiger partial charge in [-0.15, -0.1) is 0 Å². The molecule has 124 valence electrons. The maximum Gasteiger partial charge on any atom is 0.231 e. The number of hydrogen-bond donors (Lipinski definition) is 0. The molecule has 24 heavy (non-hydrogen) atoms. The Morgan fingerprint density at radius 2 is 1.58 bits per heavy atom. The summed E-state index contributed by atoms with van der Waals surface area (Å²) < 4.78 is 22.5. The molecule has 2 heterocycles. The van der Waals surface area contributed by atoms with Crippen LogP contribution < -0.4 is 18.9 Å². The fourth-order valence-corrected chi connectivity index (χ4v) is 4.25. The van der Waals surface area contributed by atoms with Crippen molar-refractivity contribution < 1.29 is 18.9 Å². The van der Waals surface area contributed by atoms with Crippen LogP contribution in [0, 0.1) is 11.8 Å². The maximum atomic E-state index is 5.85. The molecule has 0 amide bonds. The Bertz CT molecular complexity index is 814. The van der Waals surface area contributed by atoms with Gasteiger partial charge in [-0.05, 0) is 47.6 Å². The zero-order valence-corrected chi connectivity index (χ0v) is 13.9. The predicted octanol–water partition coefficient (Wildman–Crippen LogP) is 4.10. The van der Waals surface area contributed by atoms with E-state index in [0.29, 0.717) is 25.4 Å². The second-order valence-corrected chi connectivity index (χ2v) is 7.00. The lowest BCUT2D eigenvalue weighted by Crippen LogP contribution is -2.27. The predicted molar refractivity (Wildman–Crippen MR) is 89.0 cm³/mol. The number of fused-ring (bicyclic) bond motifs is 4. The van der Waals surface area contributed by atoms with E-state index in [1.165, 1.54) is 16.7 Å². The van der Waals surface area contributed by atoms with Gasteiger partial charge in [-0.25, -0.2) is 0 Å². The smallest absolute Gasteiger partial charge is 0.231 e. The molecule has 2 aromatic carbocycles. The van der Waals surface area contributed by atoms with E-state index in [4.69, 9.17) is 18.9 Å². The zero-order valence-electron chi connectivity index (χ0n) is 13.9. The van der Waals surface area contributed by atoms with Gasteiger partial charge in [0.25, 0.3) is 0 Å². The third-order valence-corrected chi connectivity index (χ3v) is 5.70. The van der Waals surface area contributed by atoms with E-state index in [2.05, 4.69) is 32.0 Å². The van der Waals surface area contributed by atoms with Crippen molar-refractivity contribution >= 4 is 0 Å². The highest BCUT2D eigenvalue weighted by Gasteiger charge is 2.37. The van der Waals surface area contributed by atoms with Crippen LogP contribution in [0.1, 0.15) is 36.5 Å². The van der Waals surface area contributed by atoms with Gasteiger partial charge in [0.2, 0.25) is 13.6 Å². The minimum Gasteiger partial charge on any atom is -0.454 e. The fraction of sp³-hybridized carbons (Fsp3) is 0.400. The van der Waals surface area contributed by atoms with Crippen molar-refractivity contribution in [2.24, 2.45) is 11.8 Å². The summed E-state index contributed by atoms with van der Waals surface area (Å²) in [5.41, 5.74) is 3.91. The minimum atomic E-state index is 0.273. The third-order valence-electron chi connectivity index (χ3n) is 5.70. The van der Waals surface area contributed by atoms with E-state index in [-0.39, 0.29) is 5.92 Å². The van der Waals surface area contributed by atoms with E-state index < -0.39 is 0 Å². The Morgan fingerprint density at radius 3 is 2.50 bits per heavy atom. The molecule has 0 N–H and O–H groups in total. The van der Waals surface area contributed by atoms with Crippen molar-refractivity contribution in [2.45, 2.75) is 26.2 Å². The lowest BCUT2D eigenvalue weighted by molar-refractivity contribution is 0.171. The molecular weight excluding hydrogens is 304 g/mol. The maximum absolute atomic E-state index is 5.85. The van der Waals surface area contributed by atoms with Gasteiger partial charge in [0, 0.05) is 11.5 Å². The molecule has 3 unspecified atom stereocenters. The number of benzene rings is 2. The molecule has 0 spiro atoms. The lowest BCUT2D eigenvalue weighted by Gasteiger charge is -2.37. The summed E-state index contributed by atoms with van der Waals surface area (Å²) in [5.74, 6) is 4.84. The van der Waals surface area contributed by atoms with Gasteiger partial charge in [0.1, 0.15) is 0 Å². The van der Waals surface area contributed by atoms with Crippen LogP contribution in [0.5, 0.6) is 23.0 Å². The summed E-state index contributed by atoms with van der Waals surface area (Å²) in [7, 11) is 0. The van der Waals surface area contributed by atoms with Crippen LogP contribution in [-0.4, -0.2) is 13.6 Å². The molecule has 4 nitrogen and oxygen atoms in total. The highest BCUT2D eigenvalue weighted by Crippen LogP contribution is 2.52. The van der Waals surface area contributed by atoms with Crippen LogP contribution in [0.3, 0.4) is 0 Å². The Labute approximate surface area is 141 Å². The fourth-order valence-electron chi connectivity index (χ4n) is 4.25. The third kappa shape index (κ3) is 1.92. The first-order valence-corrected chi connectivity index (χ1v) is 8.53. The molecule has 0 aromatic heterocycles. The van der Waals surface area contributed by atoms with Crippen molar-refractivity contribution in [3.63, 3.8) is 0 Å². The molecule has 1 aliphatic carbocycles. The normalized spacial score (nSPS) is 26.3. The summed E-state index contributed by atoms with van der Waals surface area (Å²) in [4.78, 5) is 0. The number of ether oxygens (including phenoxy) is 4. The average Bonchev–Trinajstić information content (AvgIpc) is 3.23. The molecule has 4 heteroatoms. The molecule has 3 aliphatic rings. The van der Waals surface area contributed by atoms with E-state index in [0.717, 1.165) is 29.4 Å². The second kappa shape index (κ2) is 5.07. The average molecular weight is 324 g/mol. The summed E-state index contributed by atoms with van der Waals surface area (Å²) in [6.45, 7) is 5.28. The zero-order chi connectivity index (χ0) is 16.3. The number of hydrogen-bond acceptors (Lipinski definition) is 4. The minimum absolute atomic E-state index is 0.273. The van der Waals surface area contributed by atoms with Gasteiger partial charge in [0.05, 0.1) is 0 Å². The molecular formula is C20H20O4. The van der Waals surface area contributed by atoms with E-state index in [1.807, 2.05) is 12.1 Å². The summed E-state index contributed by atoms with van der Waals surface area (Å²) in [5, 5.41) is 0. The first-order chi connectivity index (χ1) is 11.7. The topological polar surface area (TPSA) is 36.9 Å². The molecule has 0 radical (unpaired) electrons. The van der Waals surface area contributed by atoms with Crippen LogP contribution in [0.4, 0.5) is 0 Å². The summed E-state index contributed by atoms with van der Waals surface area (Å²) >= 11 is 0. The van der Waals surface area contributed by atoms with Crippen molar-refractivity contribution in [1.29, 1.82) is 0 Å². The van der Waals surface area contributed by atoms with Crippen LogP contribution in [0.25, 0.3) is 0 Å². The first-order valence-electron chi connectivity index (χ1n) is 8.53. The lowest BCUT2D eigenvalue weighted by atomic mass is 9.67. The van der Waals surface area contributed by atoms with Gasteiger partial charge in [0.15, 0.2) is 23.0 Å². The molecule has 2 aliphatic heterocycles. The Balaban J connectivity index is 1.69. The molecule has 2 aromatic rings. The molecule has 0 bridgehead atoms. The van der Waals surface area contributed by atoms with Crippen molar-refractivity contribution in [1.82, 2.24) is 0 Å². The van der Waals surface area contributed by atoms with Gasteiger partial charge in [-0.2, -0.15) is 0 Å². The monoisotopic (exact) mass is 324 g/mol. The summed E-state index contributed by atoms with van der Waals surface area (Å²) in [6.07, 6.45) is 1.08. The van der Waals surface area contributed by atoms with Crippen molar-refractivity contribution in [3.8, 4) is 23.0 Å². The Kier molecular flexibility index (Phi) is 2.96. The van der Waals surface area contributed by atoms with E-state index in [1.54, 1.807) is 0 Å². The number of rotatable bonds is 1. The standard InChI is InChI=1S/C20H20O4/c1-11-7-13-4-6-16-20(24-10-22-16)19(13)18(12(11)2)14-3-5-15-17(8-14)23-9-21-15/h3-6,8,11-12,18H,7,9-10H2,1-2H3. The van der Waals surface area contributed by atoms with Gasteiger partial charge in [-0.1, -0.05) is 26.0 Å². The van der Waals surface area contributed by atoms with E-state index in [9.17, 15) is 0 Å². The van der Waals surface area contributed by atoms with Crippen molar-refractivity contribution in [2.75, 3.05) is 13.6 Å². The van der Waals surface area contributed by atoms with Gasteiger partial charge < -0.3 is 18.9 Å². The highest BCUT2D eigenvalue weighted by molar-refractivity contribution is 5.58. The Morgan fingerprint density at radius 1 is 0.833 bits per heavy atom. The first kappa shape index (κ1) is 14.0. The molecule has 3 atom stereocenters. The largest absolute Gasteiger partial charge is 0.454 e. The van der Waals surface area contributed by atoms with Crippen molar-refractivity contribution in [3.05, 3.63) is 47.0 Å². The second-order valence-electron chi connectivity index (χ2n) is 7.00. The molecule has 0 saturated heterocycles. The van der Waals surface area contributed by atoms with Gasteiger partial charge in [-0.3, -0.25) is 0 Å². The SMILES string of the molecule is CC1Cc2ccc3c(c2C(c2ccc4c(c2)OCO4)C1C)OCO3. The molecule has 0 fully saturated rings. The highest BCUT2D eigenvalue weighted by atomic mass is 16.7. The van der Waals surface area contributed by atoms with Crippen LogP contribution in [-0.2, 0) is 6.42 Å². The van der Waals surface area contributed by atoms with E-state index >= 15 is 0 Å². The molecule has 5 rings (SSSR count). The van der Waals surface area contributed by atoms with Crippen LogP contribution in [0.15, 0.2) is 30.3 Å². The van der Waals surface area contributed by atoms with Crippen LogP contribution >= 0.6 is 0 Å². The quantitative estimate of drug-likeness (QED) is 0.791. The molecule has 0 saturated carbocycles. The summed E-state index contributed by atoms with van der Waals surface area (Å²) in [6, 6.07) is 10.5.